The van der Waals surface area contributed by atoms with Gasteiger partial charge in [-0.3, -0.25) is 19.3 Å². The third-order valence-electron chi connectivity index (χ3n) is 5.41. The van der Waals surface area contributed by atoms with Crippen LogP contribution in [0.4, 0.5) is 17.2 Å². The number of ether oxygens (including phenoxy) is 2. The zero-order valence-electron chi connectivity index (χ0n) is 22.0. The molecule has 0 spiro atoms. The summed E-state index contributed by atoms with van der Waals surface area (Å²) in [5, 5.41) is 9.40. The van der Waals surface area contributed by atoms with Gasteiger partial charge in [0.15, 0.2) is 0 Å². The Morgan fingerprint density at radius 2 is 1.90 bits per heavy atom. The number of fused-ring (bicyclic) bond motifs is 1. The molecule has 0 atom stereocenters. The van der Waals surface area contributed by atoms with Gasteiger partial charge in [0.2, 0.25) is 11.8 Å². The monoisotopic (exact) mass is 598 g/mol. The van der Waals surface area contributed by atoms with E-state index in [4.69, 9.17) is 9.47 Å². The van der Waals surface area contributed by atoms with Crippen LogP contribution >= 0.6 is 15.9 Å². The number of aromatic nitrogens is 2. The predicted octanol–water partition coefficient (Wildman–Crippen LogP) is 3.64. The van der Waals surface area contributed by atoms with Gasteiger partial charge in [0.1, 0.15) is 17.9 Å². The van der Waals surface area contributed by atoms with Crippen LogP contribution < -0.4 is 20.7 Å². The van der Waals surface area contributed by atoms with Crippen molar-refractivity contribution >= 4 is 61.8 Å². The minimum atomic E-state index is -0.504. The van der Waals surface area contributed by atoms with E-state index in [0.717, 1.165) is 22.3 Å². The van der Waals surface area contributed by atoms with E-state index < -0.39 is 11.8 Å². The van der Waals surface area contributed by atoms with E-state index in [1.807, 2.05) is 29.2 Å². The molecule has 1 aromatic heterocycles. The lowest BCUT2D eigenvalue weighted by Crippen LogP contribution is -2.31. The standard InChI is InChI=1S/C27H31BrN6O5/c1-4-39-26(37)16-34(2)12-6-11-29-24(35)9-10-25(36)33-22-14-20-21(15-23(22)38-3)30-17-31-27(20)32-19-8-5-7-18(28)13-19/h5,7-10,13-15,17H,4,6,11-12,16H2,1-3H3,(H,29,35)(H,33,36)(H,30,31,32). The zero-order valence-corrected chi connectivity index (χ0v) is 23.6. The number of likely N-dealkylation sites (N-methyl/N-ethyl adjacent to an activating group) is 1. The Balaban J connectivity index is 1.59. The van der Waals surface area contributed by atoms with Gasteiger partial charge in [-0.05, 0) is 44.7 Å². The lowest BCUT2D eigenvalue weighted by Gasteiger charge is -2.15. The van der Waals surface area contributed by atoms with Gasteiger partial charge in [0.25, 0.3) is 0 Å². The van der Waals surface area contributed by atoms with E-state index in [0.29, 0.717) is 54.3 Å². The van der Waals surface area contributed by atoms with Crippen LogP contribution in [0.1, 0.15) is 13.3 Å². The quantitative estimate of drug-likeness (QED) is 0.153. The van der Waals surface area contributed by atoms with Crippen LogP contribution in [0.5, 0.6) is 5.75 Å². The molecule has 0 fully saturated rings. The lowest BCUT2D eigenvalue weighted by molar-refractivity contribution is -0.144. The van der Waals surface area contributed by atoms with Crippen molar-refractivity contribution in [3.8, 4) is 5.75 Å². The molecule has 206 valence electrons. The number of hydrogen-bond donors (Lipinski definition) is 3. The lowest BCUT2D eigenvalue weighted by atomic mass is 10.2. The molecule has 0 unspecified atom stereocenters. The van der Waals surface area contributed by atoms with Crippen molar-refractivity contribution in [1.29, 1.82) is 0 Å². The summed E-state index contributed by atoms with van der Waals surface area (Å²) < 4.78 is 11.3. The third-order valence-corrected chi connectivity index (χ3v) is 5.90. The highest BCUT2D eigenvalue weighted by Crippen LogP contribution is 2.33. The van der Waals surface area contributed by atoms with E-state index >= 15 is 0 Å². The summed E-state index contributed by atoms with van der Waals surface area (Å²) in [6.07, 6.45) is 4.39. The van der Waals surface area contributed by atoms with Crippen molar-refractivity contribution in [2.75, 3.05) is 51.0 Å². The Morgan fingerprint density at radius 1 is 1.10 bits per heavy atom. The van der Waals surface area contributed by atoms with Crippen LogP contribution in [0, 0.1) is 0 Å². The SMILES string of the molecule is CCOC(=O)CN(C)CCCNC(=O)C=CC(=O)Nc1cc2c(Nc3cccc(Br)c3)ncnc2cc1OC. The molecule has 2 aromatic carbocycles. The first kappa shape index (κ1) is 29.5. The highest BCUT2D eigenvalue weighted by Gasteiger charge is 2.13. The van der Waals surface area contributed by atoms with Crippen molar-refractivity contribution in [3.63, 3.8) is 0 Å². The van der Waals surface area contributed by atoms with Gasteiger partial charge in [-0.15, -0.1) is 0 Å². The largest absolute Gasteiger partial charge is 0.494 e. The summed E-state index contributed by atoms with van der Waals surface area (Å²) >= 11 is 3.45. The molecule has 0 saturated carbocycles. The number of halogens is 1. The van der Waals surface area contributed by atoms with Gasteiger partial charge in [-0.2, -0.15) is 0 Å². The van der Waals surface area contributed by atoms with Crippen LogP contribution in [0.25, 0.3) is 10.9 Å². The Bertz CT molecular complexity index is 1350. The average molecular weight is 599 g/mol. The molecular formula is C27H31BrN6O5. The zero-order chi connectivity index (χ0) is 28.2. The highest BCUT2D eigenvalue weighted by molar-refractivity contribution is 9.10. The van der Waals surface area contributed by atoms with Crippen molar-refractivity contribution < 1.29 is 23.9 Å². The number of hydrogen-bond acceptors (Lipinski definition) is 9. The number of nitrogens with zero attached hydrogens (tertiary/aromatic N) is 3. The van der Waals surface area contributed by atoms with Gasteiger partial charge in [0.05, 0.1) is 31.5 Å². The number of methoxy groups -OCH3 is 1. The van der Waals surface area contributed by atoms with Gasteiger partial charge in [0, 0.05) is 46.9 Å². The molecule has 2 amide bonds. The Hall–Kier alpha value is -4.03. The summed E-state index contributed by atoms with van der Waals surface area (Å²) in [4.78, 5) is 46.7. The number of esters is 1. The molecule has 3 N–H and O–H groups in total. The van der Waals surface area contributed by atoms with E-state index in [-0.39, 0.29) is 12.5 Å². The van der Waals surface area contributed by atoms with E-state index in [2.05, 4.69) is 41.8 Å². The fourth-order valence-electron chi connectivity index (χ4n) is 3.60. The number of anilines is 3. The fraction of sp³-hybridized carbons (Fsp3) is 0.296. The summed E-state index contributed by atoms with van der Waals surface area (Å²) in [7, 11) is 3.29. The first-order valence-electron chi connectivity index (χ1n) is 12.3. The second kappa shape index (κ2) is 14.8. The summed E-state index contributed by atoms with van der Waals surface area (Å²) in [6.45, 7) is 3.29. The highest BCUT2D eigenvalue weighted by atomic mass is 79.9. The number of rotatable bonds is 13. The molecule has 0 bridgehead atoms. The molecule has 0 saturated heterocycles. The molecule has 3 rings (SSSR count). The number of nitrogens with one attached hydrogen (secondary N) is 3. The molecule has 39 heavy (non-hydrogen) atoms. The molecule has 11 nitrogen and oxygen atoms in total. The minimum absolute atomic E-state index is 0.188. The van der Waals surface area contributed by atoms with Crippen LogP contribution in [-0.4, -0.2) is 73.1 Å². The maximum atomic E-state index is 12.6. The van der Waals surface area contributed by atoms with Crippen LogP contribution in [0.3, 0.4) is 0 Å². The van der Waals surface area contributed by atoms with E-state index in [9.17, 15) is 14.4 Å². The molecule has 0 aliphatic carbocycles. The number of benzene rings is 2. The Kier molecular flexibility index (Phi) is 11.2. The average Bonchev–Trinajstić information content (AvgIpc) is 2.90. The van der Waals surface area contributed by atoms with Crippen molar-refractivity contribution in [1.82, 2.24) is 20.2 Å². The van der Waals surface area contributed by atoms with Gasteiger partial charge in [-0.1, -0.05) is 22.0 Å². The Labute approximate surface area is 235 Å². The summed E-state index contributed by atoms with van der Waals surface area (Å²) in [6, 6.07) is 11.1. The second-order valence-electron chi connectivity index (χ2n) is 8.44. The first-order chi connectivity index (χ1) is 18.8. The smallest absolute Gasteiger partial charge is 0.320 e. The van der Waals surface area contributed by atoms with Gasteiger partial charge in [-0.25, -0.2) is 9.97 Å². The van der Waals surface area contributed by atoms with Crippen LogP contribution in [0.2, 0.25) is 0 Å². The van der Waals surface area contributed by atoms with Crippen LogP contribution in [-0.2, 0) is 19.1 Å². The molecule has 0 aliphatic heterocycles. The topological polar surface area (TPSA) is 135 Å². The first-order valence-corrected chi connectivity index (χ1v) is 13.0. The van der Waals surface area contributed by atoms with E-state index in [1.54, 1.807) is 26.1 Å². The fourth-order valence-corrected chi connectivity index (χ4v) is 4.00. The third kappa shape index (κ3) is 9.34. The molecule has 0 radical (unpaired) electrons. The minimum Gasteiger partial charge on any atom is -0.494 e. The van der Waals surface area contributed by atoms with Crippen molar-refractivity contribution in [3.05, 3.63) is 59.4 Å². The van der Waals surface area contributed by atoms with Gasteiger partial charge >= 0.3 is 5.97 Å². The molecule has 3 aromatic rings. The van der Waals surface area contributed by atoms with E-state index in [1.165, 1.54) is 13.4 Å². The second-order valence-corrected chi connectivity index (χ2v) is 9.35. The number of amides is 2. The maximum absolute atomic E-state index is 12.6. The summed E-state index contributed by atoms with van der Waals surface area (Å²) in [5.41, 5.74) is 1.85. The molecule has 1 heterocycles. The van der Waals surface area contributed by atoms with Crippen molar-refractivity contribution in [2.24, 2.45) is 0 Å². The normalized spacial score (nSPS) is 11.0. The van der Waals surface area contributed by atoms with Crippen LogP contribution in [0.15, 0.2) is 59.4 Å². The number of carbonyl (C=O) groups is 3. The molecular weight excluding hydrogens is 568 g/mol. The Morgan fingerprint density at radius 3 is 2.64 bits per heavy atom. The predicted molar refractivity (Wildman–Crippen MR) is 153 cm³/mol. The summed E-state index contributed by atoms with van der Waals surface area (Å²) in [5.74, 6) is -0.231. The number of carbonyl (C=O) groups excluding carboxylic acids is 3. The molecule has 0 aliphatic rings. The molecule has 12 heteroatoms. The van der Waals surface area contributed by atoms with Gasteiger partial charge < -0.3 is 25.4 Å². The van der Waals surface area contributed by atoms with Crippen molar-refractivity contribution in [2.45, 2.75) is 13.3 Å². The maximum Gasteiger partial charge on any atom is 0.320 e.